The van der Waals surface area contributed by atoms with Crippen LogP contribution in [-0.4, -0.2) is 41.6 Å². The molecule has 3 atom stereocenters. The van der Waals surface area contributed by atoms with Crippen LogP contribution in [0.4, 0.5) is 0 Å². The Morgan fingerprint density at radius 3 is 2.89 bits per heavy atom. The zero-order chi connectivity index (χ0) is 13.1. The van der Waals surface area contributed by atoms with Gasteiger partial charge in [0, 0.05) is 37.0 Å². The van der Waals surface area contributed by atoms with Crippen LogP contribution < -0.4 is 5.32 Å². The SMILES string of the molecule is CC1CNC(c2ccccc2)CN1CC1CCCS1. The molecule has 0 aromatic heterocycles. The predicted octanol–water partition coefficient (Wildman–Crippen LogP) is 2.92. The maximum atomic E-state index is 3.69. The Morgan fingerprint density at radius 1 is 1.32 bits per heavy atom. The minimum Gasteiger partial charge on any atom is -0.307 e. The summed E-state index contributed by atoms with van der Waals surface area (Å²) in [6, 6.07) is 12.1. The second kappa shape index (κ2) is 6.29. The van der Waals surface area contributed by atoms with Crippen molar-refractivity contribution in [3.05, 3.63) is 35.9 Å². The van der Waals surface area contributed by atoms with E-state index in [1.54, 1.807) is 0 Å². The first-order chi connectivity index (χ1) is 9.33. The molecule has 3 rings (SSSR count). The van der Waals surface area contributed by atoms with Crippen LogP contribution in [-0.2, 0) is 0 Å². The molecule has 19 heavy (non-hydrogen) atoms. The largest absolute Gasteiger partial charge is 0.307 e. The summed E-state index contributed by atoms with van der Waals surface area (Å²) in [5.74, 6) is 1.37. The van der Waals surface area contributed by atoms with Crippen LogP contribution in [0.25, 0.3) is 0 Å². The zero-order valence-corrected chi connectivity index (χ0v) is 12.5. The minimum absolute atomic E-state index is 0.504. The summed E-state index contributed by atoms with van der Waals surface area (Å²) in [4.78, 5) is 2.69. The lowest BCUT2D eigenvalue weighted by molar-refractivity contribution is 0.141. The van der Waals surface area contributed by atoms with Gasteiger partial charge in [-0.3, -0.25) is 4.90 Å². The zero-order valence-electron chi connectivity index (χ0n) is 11.7. The molecular formula is C16H24N2S. The van der Waals surface area contributed by atoms with Gasteiger partial charge in [-0.2, -0.15) is 11.8 Å². The van der Waals surface area contributed by atoms with Crippen molar-refractivity contribution in [1.82, 2.24) is 10.2 Å². The van der Waals surface area contributed by atoms with E-state index in [1.807, 2.05) is 0 Å². The van der Waals surface area contributed by atoms with Crippen LogP contribution >= 0.6 is 11.8 Å². The summed E-state index contributed by atoms with van der Waals surface area (Å²) in [6.45, 7) is 5.89. The lowest BCUT2D eigenvalue weighted by Crippen LogP contribution is -2.52. The lowest BCUT2D eigenvalue weighted by Gasteiger charge is -2.40. The Bertz CT molecular complexity index is 389. The Kier molecular flexibility index (Phi) is 4.46. The summed E-state index contributed by atoms with van der Waals surface area (Å²) < 4.78 is 0. The average Bonchev–Trinajstić information content (AvgIpc) is 2.95. The van der Waals surface area contributed by atoms with E-state index >= 15 is 0 Å². The summed E-state index contributed by atoms with van der Waals surface area (Å²) in [5, 5.41) is 4.56. The van der Waals surface area contributed by atoms with Crippen LogP contribution in [0.15, 0.2) is 30.3 Å². The number of thioether (sulfide) groups is 1. The molecule has 0 bridgehead atoms. The summed E-state index contributed by atoms with van der Waals surface area (Å²) in [5.41, 5.74) is 1.43. The number of nitrogens with zero attached hydrogens (tertiary/aromatic N) is 1. The fourth-order valence-electron chi connectivity index (χ4n) is 3.13. The molecule has 2 aliphatic heterocycles. The molecule has 104 valence electrons. The molecular weight excluding hydrogens is 252 g/mol. The predicted molar refractivity (Wildman–Crippen MR) is 83.7 cm³/mol. The molecule has 1 N–H and O–H groups in total. The second-order valence-electron chi connectivity index (χ2n) is 5.81. The number of hydrogen-bond donors (Lipinski definition) is 1. The van der Waals surface area contributed by atoms with Crippen molar-refractivity contribution in [3.63, 3.8) is 0 Å². The minimum atomic E-state index is 0.504. The van der Waals surface area contributed by atoms with Gasteiger partial charge < -0.3 is 5.32 Å². The van der Waals surface area contributed by atoms with Gasteiger partial charge in [0.05, 0.1) is 0 Å². The monoisotopic (exact) mass is 276 g/mol. The molecule has 0 aliphatic carbocycles. The van der Waals surface area contributed by atoms with Gasteiger partial charge in [-0.15, -0.1) is 0 Å². The van der Waals surface area contributed by atoms with E-state index in [1.165, 1.54) is 30.7 Å². The van der Waals surface area contributed by atoms with Crippen LogP contribution in [0.2, 0.25) is 0 Å². The summed E-state index contributed by atoms with van der Waals surface area (Å²) in [7, 11) is 0. The summed E-state index contributed by atoms with van der Waals surface area (Å²) in [6.07, 6.45) is 2.83. The highest BCUT2D eigenvalue weighted by molar-refractivity contribution is 8.00. The van der Waals surface area contributed by atoms with Gasteiger partial charge in [-0.1, -0.05) is 30.3 Å². The third kappa shape index (κ3) is 3.33. The molecule has 3 unspecified atom stereocenters. The molecule has 3 heteroatoms. The fraction of sp³-hybridized carbons (Fsp3) is 0.625. The Hall–Kier alpha value is -0.510. The second-order valence-corrected chi connectivity index (χ2v) is 7.22. The van der Waals surface area contributed by atoms with Crippen LogP contribution in [0, 0.1) is 0 Å². The van der Waals surface area contributed by atoms with Crippen molar-refractivity contribution in [3.8, 4) is 0 Å². The van der Waals surface area contributed by atoms with Gasteiger partial charge in [0.25, 0.3) is 0 Å². The molecule has 0 amide bonds. The Labute approximate surface area is 121 Å². The van der Waals surface area contributed by atoms with E-state index in [4.69, 9.17) is 0 Å². The normalized spacial score (nSPS) is 32.6. The molecule has 1 aromatic carbocycles. The highest BCUT2D eigenvalue weighted by Crippen LogP contribution is 2.29. The van der Waals surface area contributed by atoms with Crippen molar-refractivity contribution in [2.75, 3.05) is 25.4 Å². The van der Waals surface area contributed by atoms with Crippen molar-refractivity contribution in [2.45, 2.75) is 37.1 Å². The molecule has 0 radical (unpaired) electrons. The highest BCUT2D eigenvalue weighted by atomic mass is 32.2. The van der Waals surface area contributed by atoms with E-state index in [-0.39, 0.29) is 0 Å². The molecule has 2 aliphatic rings. The molecule has 2 heterocycles. The lowest BCUT2D eigenvalue weighted by atomic mass is 10.0. The van der Waals surface area contributed by atoms with Crippen molar-refractivity contribution >= 4 is 11.8 Å². The number of nitrogens with one attached hydrogen (secondary N) is 1. The first-order valence-corrected chi connectivity index (χ1v) is 8.52. The molecule has 2 nitrogen and oxygen atoms in total. The van der Waals surface area contributed by atoms with Crippen LogP contribution in [0.1, 0.15) is 31.4 Å². The van der Waals surface area contributed by atoms with Crippen LogP contribution in [0.3, 0.4) is 0 Å². The molecule has 0 spiro atoms. The van der Waals surface area contributed by atoms with Crippen molar-refractivity contribution in [2.24, 2.45) is 0 Å². The van der Waals surface area contributed by atoms with Gasteiger partial charge in [0.15, 0.2) is 0 Å². The van der Waals surface area contributed by atoms with Gasteiger partial charge in [-0.25, -0.2) is 0 Å². The number of rotatable bonds is 3. The molecule has 1 aromatic rings. The van der Waals surface area contributed by atoms with E-state index in [2.05, 4.69) is 59.2 Å². The highest BCUT2D eigenvalue weighted by Gasteiger charge is 2.28. The number of hydrogen-bond acceptors (Lipinski definition) is 3. The first kappa shape index (κ1) is 13.5. The smallest absolute Gasteiger partial charge is 0.0449 e. The number of piperazine rings is 1. The number of benzene rings is 1. The topological polar surface area (TPSA) is 15.3 Å². The van der Waals surface area contributed by atoms with Crippen molar-refractivity contribution < 1.29 is 0 Å². The summed E-state index contributed by atoms with van der Waals surface area (Å²) >= 11 is 2.17. The van der Waals surface area contributed by atoms with Crippen LogP contribution in [0.5, 0.6) is 0 Å². The first-order valence-electron chi connectivity index (χ1n) is 7.47. The average molecular weight is 276 g/mol. The quantitative estimate of drug-likeness (QED) is 0.914. The Morgan fingerprint density at radius 2 is 2.16 bits per heavy atom. The van der Waals surface area contributed by atoms with Gasteiger partial charge in [0.2, 0.25) is 0 Å². The maximum absolute atomic E-state index is 3.69. The molecule has 2 saturated heterocycles. The van der Waals surface area contributed by atoms with E-state index in [9.17, 15) is 0 Å². The Balaban J connectivity index is 1.63. The van der Waals surface area contributed by atoms with E-state index in [0.717, 1.165) is 18.3 Å². The third-order valence-corrected chi connectivity index (χ3v) is 5.74. The van der Waals surface area contributed by atoms with Gasteiger partial charge >= 0.3 is 0 Å². The van der Waals surface area contributed by atoms with Crippen molar-refractivity contribution in [1.29, 1.82) is 0 Å². The van der Waals surface area contributed by atoms with E-state index in [0.29, 0.717) is 12.1 Å². The van der Waals surface area contributed by atoms with Gasteiger partial charge in [0.1, 0.15) is 0 Å². The van der Waals surface area contributed by atoms with Gasteiger partial charge in [-0.05, 0) is 31.1 Å². The standard InChI is InChI=1S/C16H24N2S/c1-13-10-17-16(14-6-3-2-4-7-14)12-18(13)11-15-8-5-9-19-15/h2-4,6-7,13,15-17H,5,8-12H2,1H3. The molecule has 0 saturated carbocycles. The fourth-order valence-corrected chi connectivity index (χ4v) is 4.43. The maximum Gasteiger partial charge on any atom is 0.0449 e. The molecule has 2 fully saturated rings. The third-order valence-electron chi connectivity index (χ3n) is 4.36. The van der Waals surface area contributed by atoms with E-state index < -0.39 is 0 Å².